The summed E-state index contributed by atoms with van der Waals surface area (Å²) in [7, 11) is 0. The molecule has 1 N–H and O–H groups in total. The minimum absolute atomic E-state index is 0.202. The Morgan fingerprint density at radius 2 is 2.00 bits per heavy atom. The fourth-order valence-electron chi connectivity index (χ4n) is 1.68. The maximum atomic E-state index is 12.2. The highest BCUT2D eigenvalue weighted by Gasteiger charge is 2.31. The lowest BCUT2D eigenvalue weighted by Crippen LogP contribution is -2.17. The zero-order chi connectivity index (χ0) is 15.5. The lowest BCUT2D eigenvalue weighted by Gasteiger charge is -2.13. The van der Waals surface area contributed by atoms with Gasteiger partial charge in [0.15, 0.2) is 0 Å². The minimum atomic E-state index is -4.78. The number of nitrogens with zero attached hydrogens (tertiary/aromatic N) is 2. The van der Waals surface area contributed by atoms with Crippen molar-refractivity contribution < 1.29 is 17.9 Å². The molecule has 0 unspecified atom stereocenters. The summed E-state index contributed by atoms with van der Waals surface area (Å²) in [5.74, 6) is -0.398. The molecule has 0 amide bonds. The van der Waals surface area contributed by atoms with Crippen molar-refractivity contribution in [3.8, 4) is 11.8 Å². The van der Waals surface area contributed by atoms with Crippen LogP contribution in [-0.4, -0.2) is 11.3 Å². The largest absolute Gasteiger partial charge is 0.573 e. The number of benzene rings is 1. The molecule has 21 heavy (non-hydrogen) atoms. The Morgan fingerprint density at radius 1 is 1.24 bits per heavy atom. The van der Waals surface area contributed by atoms with E-state index in [1.807, 2.05) is 6.07 Å². The molecule has 0 bridgehead atoms. The molecular weight excluding hydrogens is 283 g/mol. The predicted octanol–water partition coefficient (Wildman–Crippen LogP) is 3.90. The molecule has 0 saturated heterocycles. The van der Waals surface area contributed by atoms with Gasteiger partial charge in [0, 0.05) is 12.3 Å². The van der Waals surface area contributed by atoms with Crippen LogP contribution in [0.15, 0.2) is 36.5 Å². The Bertz CT molecular complexity index is 693. The lowest BCUT2D eigenvalue weighted by molar-refractivity contribution is -0.274. The summed E-state index contributed by atoms with van der Waals surface area (Å²) in [6.45, 7) is 1.74. The first-order valence-corrected chi connectivity index (χ1v) is 5.87. The van der Waals surface area contributed by atoms with Crippen LogP contribution in [0, 0.1) is 18.3 Å². The van der Waals surface area contributed by atoms with Crippen molar-refractivity contribution in [1.82, 2.24) is 4.98 Å². The quantitative estimate of drug-likeness (QED) is 0.932. The fraction of sp³-hybridized carbons (Fsp3) is 0.143. The third-order valence-electron chi connectivity index (χ3n) is 2.62. The summed E-state index contributed by atoms with van der Waals surface area (Å²) in [5.41, 5.74) is 1.67. The van der Waals surface area contributed by atoms with Crippen molar-refractivity contribution in [2.75, 3.05) is 5.32 Å². The third-order valence-corrected chi connectivity index (χ3v) is 2.62. The molecular formula is C14H10F3N3O. The van der Waals surface area contributed by atoms with Crippen molar-refractivity contribution in [2.24, 2.45) is 0 Å². The van der Waals surface area contributed by atoms with Gasteiger partial charge < -0.3 is 10.1 Å². The molecule has 1 aromatic heterocycles. The van der Waals surface area contributed by atoms with E-state index < -0.39 is 12.1 Å². The number of hydrogen-bond donors (Lipinski definition) is 1. The zero-order valence-corrected chi connectivity index (χ0v) is 10.9. The van der Waals surface area contributed by atoms with Crippen molar-refractivity contribution in [2.45, 2.75) is 13.3 Å². The van der Waals surface area contributed by atoms with Crippen LogP contribution in [0.4, 0.5) is 24.5 Å². The highest BCUT2D eigenvalue weighted by atomic mass is 19.4. The predicted molar refractivity (Wildman–Crippen MR) is 70.1 cm³/mol. The molecule has 0 atom stereocenters. The second kappa shape index (κ2) is 5.71. The molecule has 1 aromatic carbocycles. The summed E-state index contributed by atoms with van der Waals surface area (Å²) in [5, 5.41) is 11.9. The topological polar surface area (TPSA) is 57.9 Å². The van der Waals surface area contributed by atoms with Gasteiger partial charge in [0.1, 0.15) is 11.8 Å². The van der Waals surface area contributed by atoms with E-state index in [9.17, 15) is 13.2 Å². The third kappa shape index (κ3) is 3.86. The van der Waals surface area contributed by atoms with E-state index in [4.69, 9.17) is 5.26 Å². The van der Waals surface area contributed by atoms with Crippen LogP contribution in [-0.2, 0) is 0 Å². The van der Waals surface area contributed by atoms with E-state index in [1.165, 1.54) is 6.07 Å². The molecule has 0 aliphatic rings. The Hall–Kier alpha value is -2.75. The van der Waals surface area contributed by atoms with Gasteiger partial charge in [0.05, 0.1) is 22.6 Å². The molecule has 108 valence electrons. The number of rotatable bonds is 3. The van der Waals surface area contributed by atoms with Gasteiger partial charge in [-0.3, -0.25) is 4.98 Å². The van der Waals surface area contributed by atoms with Gasteiger partial charge in [-0.05, 0) is 31.2 Å². The summed E-state index contributed by atoms with van der Waals surface area (Å²) < 4.78 is 40.5. The molecule has 0 aliphatic heterocycles. The Morgan fingerprint density at radius 3 is 2.62 bits per heavy atom. The normalized spacial score (nSPS) is 10.8. The van der Waals surface area contributed by atoms with Gasteiger partial charge in [-0.15, -0.1) is 13.2 Å². The highest BCUT2D eigenvalue weighted by Crippen LogP contribution is 2.29. The van der Waals surface area contributed by atoms with Crippen molar-refractivity contribution in [3.63, 3.8) is 0 Å². The van der Waals surface area contributed by atoms with Crippen molar-refractivity contribution in [1.29, 1.82) is 5.26 Å². The molecule has 0 saturated carbocycles. The maximum Gasteiger partial charge on any atom is 0.573 e. The fourth-order valence-corrected chi connectivity index (χ4v) is 1.68. The molecule has 4 nitrogen and oxygen atoms in total. The van der Waals surface area contributed by atoms with E-state index >= 15 is 0 Å². The van der Waals surface area contributed by atoms with Crippen LogP contribution >= 0.6 is 0 Å². The first kappa shape index (κ1) is 14.7. The number of alkyl halides is 3. The summed E-state index contributed by atoms with van der Waals surface area (Å²) in [6.07, 6.45) is -3.19. The Labute approximate surface area is 118 Å². The van der Waals surface area contributed by atoms with E-state index in [0.29, 0.717) is 11.4 Å². The standard InChI is InChI=1S/C14H10F3N3O/c1-9-12(3-2-6-19-9)20-13-7-11(21-14(15,16)17)5-4-10(13)8-18/h2-7,20H,1H3. The molecule has 0 fully saturated rings. The summed E-state index contributed by atoms with van der Waals surface area (Å²) in [4.78, 5) is 4.06. The molecule has 0 aliphatic carbocycles. The van der Waals surface area contributed by atoms with Crippen molar-refractivity contribution >= 4 is 11.4 Å². The number of ether oxygens (including phenoxy) is 1. The maximum absolute atomic E-state index is 12.2. The summed E-state index contributed by atoms with van der Waals surface area (Å²) in [6, 6.07) is 8.77. The van der Waals surface area contributed by atoms with Crippen LogP contribution in [0.1, 0.15) is 11.3 Å². The van der Waals surface area contributed by atoms with Crippen LogP contribution in [0.25, 0.3) is 0 Å². The van der Waals surface area contributed by atoms with Gasteiger partial charge in [0.2, 0.25) is 0 Å². The second-order valence-electron chi connectivity index (χ2n) is 4.13. The average molecular weight is 293 g/mol. The van der Waals surface area contributed by atoms with E-state index in [-0.39, 0.29) is 11.3 Å². The molecule has 0 radical (unpaired) electrons. The number of aryl methyl sites for hydroxylation is 1. The number of halogens is 3. The van der Waals surface area contributed by atoms with Crippen LogP contribution in [0.3, 0.4) is 0 Å². The van der Waals surface area contributed by atoms with Gasteiger partial charge in [-0.25, -0.2) is 0 Å². The SMILES string of the molecule is Cc1ncccc1Nc1cc(OC(F)(F)F)ccc1C#N. The number of hydrogen-bond acceptors (Lipinski definition) is 4. The van der Waals surface area contributed by atoms with E-state index in [2.05, 4.69) is 15.0 Å². The first-order valence-electron chi connectivity index (χ1n) is 5.87. The van der Waals surface area contributed by atoms with Gasteiger partial charge in [-0.1, -0.05) is 0 Å². The molecule has 1 heterocycles. The Balaban J connectivity index is 2.35. The number of pyridine rings is 1. The van der Waals surface area contributed by atoms with E-state index in [0.717, 1.165) is 12.1 Å². The van der Waals surface area contributed by atoms with Gasteiger partial charge in [-0.2, -0.15) is 5.26 Å². The number of anilines is 2. The molecule has 2 aromatic rings. The average Bonchev–Trinajstić information content (AvgIpc) is 2.40. The number of nitrogens with one attached hydrogen (secondary N) is 1. The Kier molecular flexibility index (Phi) is 3.98. The van der Waals surface area contributed by atoms with Crippen molar-refractivity contribution in [3.05, 3.63) is 47.8 Å². The first-order chi connectivity index (χ1) is 9.89. The van der Waals surface area contributed by atoms with Gasteiger partial charge in [0.25, 0.3) is 0 Å². The minimum Gasteiger partial charge on any atom is -0.406 e. The lowest BCUT2D eigenvalue weighted by atomic mass is 10.1. The smallest absolute Gasteiger partial charge is 0.406 e. The van der Waals surface area contributed by atoms with E-state index in [1.54, 1.807) is 25.3 Å². The molecule has 7 heteroatoms. The molecule has 2 rings (SSSR count). The number of nitriles is 1. The van der Waals surface area contributed by atoms with Crippen LogP contribution in [0.2, 0.25) is 0 Å². The zero-order valence-electron chi connectivity index (χ0n) is 10.9. The summed E-state index contributed by atoms with van der Waals surface area (Å²) >= 11 is 0. The number of aromatic nitrogens is 1. The molecule has 0 spiro atoms. The van der Waals surface area contributed by atoms with Crippen LogP contribution < -0.4 is 10.1 Å². The highest BCUT2D eigenvalue weighted by molar-refractivity contribution is 5.69. The van der Waals surface area contributed by atoms with Gasteiger partial charge >= 0.3 is 6.36 Å². The monoisotopic (exact) mass is 293 g/mol. The second-order valence-corrected chi connectivity index (χ2v) is 4.13. The van der Waals surface area contributed by atoms with Crippen LogP contribution in [0.5, 0.6) is 5.75 Å².